The molecule has 2 heterocycles. The molecular formula is C13H20N4O2. The predicted molar refractivity (Wildman–Crippen MR) is 73.2 cm³/mol. The highest BCUT2D eigenvalue weighted by Crippen LogP contribution is 1.96. The number of hydrogen-bond donors (Lipinski definition) is 2. The summed E-state index contributed by atoms with van der Waals surface area (Å²) in [6.45, 7) is 5.71. The molecule has 0 aliphatic rings. The van der Waals surface area contributed by atoms with Crippen LogP contribution in [0.3, 0.4) is 0 Å². The van der Waals surface area contributed by atoms with Crippen LogP contribution in [0.5, 0.6) is 0 Å². The van der Waals surface area contributed by atoms with Crippen LogP contribution < -0.4 is 11.0 Å². The molecule has 0 radical (unpaired) electrons. The first-order valence-corrected chi connectivity index (χ1v) is 6.51. The first kappa shape index (κ1) is 13.8. The van der Waals surface area contributed by atoms with Crippen molar-refractivity contribution >= 4 is 5.65 Å². The zero-order valence-corrected chi connectivity index (χ0v) is 11.3. The van der Waals surface area contributed by atoms with Gasteiger partial charge in [0.25, 0.3) is 0 Å². The average Bonchev–Trinajstić information content (AvgIpc) is 2.66. The van der Waals surface area contributed by atoms with E-state index in [-0.39, 0.29) is 12.2 Å². The maximum atomic E-state index is 12.0. The van der Waals surface area contributed by atoms with Crippen molar-refractivity contribution in [2.45, 2.75) is 26.5 Å². The molecule has 0 aliphatic carbocycles. The summed E-state index contributed by atoms with van der Waals surface area (Å²) in [4.78, 5) is 12.0. The first-order chi connectivity index (χ1) is 9.08. The zero-order valence-electron chi connectivity index (χ0n) is 11.3. The van der Waals surface area contributed by atoms with E-state index in [0.717, 1.165) is 6.54 Å². The van der Waals surface area contributed by atoms with Gasteiger partial charge in [0.15, 0.2) is 5.65 Å². The van der Waals surface area contributed by atoms with Crippen molar-refractivity contribution in [1.29, 1.82) is 0 Å². The zero-order chi connectivity index (χ0) is 13.8. The fourth-order valence-corrected chi connectivity index (χ4v) is 1.89. The summed E-state index contributed by atoms with van der Waals surface area (Å²) in [6.07, 6.45) is 1.05. The van der Waals surface area contributed by atoms with Crippen LogP contribution in [0.1, 0.15) is 13.8 Å². The Balaban J connectivity index is 2.01. The third-order valence-corrected chi connectivity index (χ3v) is 2.80. The van der Waals surface area contributed by atoms with E-state index in [1.54, 1.807) is 18.3 Å². The lowest BCUT2D eigenvalue weighted by Gasteiger charge is -2.12. The molecular weight excluding hydrogens is 244 g/mol. The van der Waals surface area contributed by atoms with Crippen molar-refractivity contribution in [2.24, 2.45) is 5.92 Å². The number of nitrogens with one attached hydrogen (secondary N) is 1. The van der Waals surface area contributed by atoms with Gasteiger partial charge in [-0.25, -0.2) is 9.48 Å². The van der Waals surface area contributed by atoms with Gasteiger partial charge in [0, 0.05) is 12.7 Å². The number of fused-ring (bicyclic) bond motifs is 1. The van der Waals surface area contributed by atoms with Gasteiger partial charge in [0.05, 0.1) is 12.6 Å². The van der Waals surface area contributed by atoms with Crippen molar-refractivity contribution in [3.63, 3.8) is 0 Å². The molecule has 1 atom stereocenters. The Morgan fingerprint density at radius 3 is 2.84 bits per heavy atom. The molecule has 0 aromatic carbocycles. The predicted octanol–water partition coefficient (Wildman–Crippen LogP) is 0.102. The summed E-state index contributed by atoms with van der Waals surface area (Å²) in [5.74, 6) is 0.533. The molecule has 2 aromatic heterocycles. The van der Waals surface area contributed by atoms with Crippen LogP contribution in [0.15, 0.2) is 29.2 Å². The minimum absolute atomic E-state index is 0.200. The molecule has 0 amide bonds. The van der Waals surface area contributed by atoms with Gasteiger partial charge in [-0.05, 0) is 24.6 Å². The third-order valence-electron chi connectivity index (χ3n) is 2.80. The van der Waals surface area contributed by atoms with Gasteiger partial charge in [-0.2, -0.15) is 0 Å². The Morgan fingerprint density at radius 2 is 2.16 bits per heavy atom. The largest absolute Gasteiger partial charge is 0.390 e. The molecule has 2 aromatic rings. The molecule has 0 saturated carbocycles. The molecule has 2 N–H and O–H groups in total. The Bertz CT molecular complexity index is 588. The Labute approximate surface area is 111 Å². The van der Waals surface area contributed by atoms with Gasteiger partial charge >= 0.3 is 5.69 Å². The van der Waals surface area contributed by atoms with Gasteiger partial charge in [-0.1, -0.05) is 19.9 Å². The van der Waals surface area contributed by atoms with E-state index >= 15 is 0 Å². The highest BCUT2D eigenvalue weighted by Gasteiger charge is 2.11. The van der Waals surface area contributed by atoms with Gasteiger partial charge in [-0.3, -0.25) is 4.40 Å². The normalized spacial score (nSPS) is 13.3. The topological polar surface area (TPSA) is 71.6 Å². The van der Waals surface area contributed by atoms with Crippen molar-refractivity contribution < 1.29 is 5.11 Å². The number of hydrogen-bond acceptors (Lipinski definition) is 4. The molecule has 6 heteroatoms. The molecule has 0 aliphatic heterocycles. The number of nitrogens with zero attached hydrogens (tertiary/aromatic N) is 3. The second-order valence-corrected chi connectivity index (χ2v) is 5.10. The maximum Gasteiger partial charge on any atom is 0.350 e. The van der Waals surface area contributed by atoms with E-state index < -0.39 is 6.10 Å². The minimum atomic E-state index is -0.624. The Hall–Kier alpha value is -1.66. The fourth-order valence-electron chi connectivity index (χ4n) is 1.89. The molecule has 0 bridgehead atoms. The van der Waals surface area contributed by atoms with E-state index in [1.807, 2.05) is 6.07 Å². The quantitative estimate of drug-likeness (QED) is 0.776. The van der Waals surface area contributed by atoms with Crippen molar-refractivity contribution in [3.8, 4) is 0 Å². The number of pyridine rings is 1. The number of rotatable bonds is 6. The highest BCUT2D eigenvalue weighted by molar-refractivity contribution is 5.35. The van der Waals surface area contributed by atoms with Crippen molar-refractivity contribution in [1.82, 2.24) is 19.5 Å². The van der Waals surface area contributed by atoms with Crippen LogP contribution in [0.2, 0.25) is 0 Å². The summed E-state index contributed by atoms with van der Waals surface area (Å²) in [7, 11) is 0. The summed E-state index contributed by atoms with van der Waals surface area (Å²) >= 11 is 0. The van der Waals surface area contributed by atoms with Crippen LogP contribution >= 0.6 is 0 Å². The van der Waals surface area contributed by atoms with Crippen LogP contribution in [-0.2, 0) is 6.54 Å². The lowest BCUT2D eigenvalue weighted by molar-refractivity contribution is 0.144. The van der Waals surface area contributed by atoms with Gasteiger partial charge in [0.2, 0.25) is 0 Å². The van der Waals surface area contributed by atoms with Crippen LogP contribution in [0.4, 0.5) is 0 Å². The second kappa shape index (κ2) is 5.99. The lowest BCUT2D eigenvalue weighted by atomic mass is 10.2. The molecule has 0 spiro atoms. The SMILES string of the molecule is CC(C)CNCC(O)Cn1nc2ccccn2c1=O. The molecule has 0 fully saturated rings. The van der Waals surface area contributed by atoms with Crippen LogP contribution in [0.25, 0.3) is 5.65 Å². The van der Waals surface area contributed by atoms with Crippen molar-refractivity contribution in [2.75, 3.05) is 13.1 Å². The monoisotopic (exact) mass is 264 g/mol. The minimum Gasteiger partial charge on any atom is -0.390 e. The number of aliphatic hydroxyl groups is 1. The summed E-state index contributed by atoms with van der Waals surface area (Å²) < 4.78 is 2.77. The Morgan fingerprint density at radius 1 is 1.37 bits per heavy atom. The van der Waals surface area contributed by atoms with Gasteiger partial charge < -0.3 is 10.4 Å². The lowest BCUT2D eigenvalue weighted by Crippen LogP contribution is -2.35. The van der Waals surface area contributed by atoms with Gasteiger partial charge in [-0.15, -0.1) is 5.10 Å². The van der Waals surface area contributed by atoms with Crippen molar-refractivity contribution in [3.05, 3.63) is 34.9 Å². The number of aromatic nitrogens is 3. The van der Waals surface area contributed by atoms with E-state index in [1.165, 1.54) is 9.08 Å². The molecule has 6 nitrogen and oxygen atoms in total. The Kier molecular flexibility index (Phi) is 4.34. The van der Waals surface area contributed by atoms with Gasteiger partial charge in [0.1, 0.15) is 0 Å². The summed E-state index contributed by atoms with van der Waals surface area (Å²) in [6, 6.07) is 5.37. The van der Waals surface area contributed by atoms with E-state index in [0.29, 0.717) is 18.1 Å². The first-order valence-electron chi connectivity index (χ1n) is 6.51. The molecule has 2 rings (SSSR count). The fraction of sp³-hybridized carbons (Fsp3) is 0.538. The highest BCUT2D eigenvalue weighted by atomic mass is 16.3. The van der Waals surface area contributed by atoms with E-state index in [9.17, 15) is 9.90 Å². The second-order valence-electron chi connectivity index (χ2n) is 5.10. The molecule has 19 heavy (non-hydrogen) atoms. The summed E-state index contributed by atoms with van der Waals surface area (Å²) in [5, 5.41) is 17.2. The smallest absolute Gasteiger partial charge is 0.350 e. The number of aliphatic hydroxyl groups excluding tert-OH is 1. The molecule has 1 unspecified atom stereocenters. The third kappa shape index (κ3) is 3.42. The van der Waals surface area contributed by atoms with E-state index in [2.05, 4.69) is 24.3 Å². The average molecular weight is 264 g/mol. The molecule has 104 valence electrons. The van der Waals surface area contributed by atoms with Crippen LogP contribution in [-0.4, -0.2) is 38.5 Å². The van der Waals surface area contributed by atoms with E-state index in [4.69, 9.17) is 0 Å². The summed E-state index contributed by atoms with van der Waals surface area (Å²) in [5.41, 5.74) is 0.369. The molecule has 0 saturated heterocycles. The van der Waals surface area contributed by atoms with Crippen LogP contribution in [0, 0.1) is 5.92 Å². The standard InChI is InChI=1S/C13H20N4O2/c1-10(2)7-14-8-11(18)9-17-13(19)16-6-4-3-5-12(16)15-17/h3-6,10-11,14,18H,7-9H2,1-2H3. The maximum absolute atomic E-state index is 12.0.